The van der Waals surface area contributed by atoms with E-state index in [0.29, 0.717) is 0 Å². The van der Waals surface area contributed by atoms with Gasteiger partial charge in [0.15, 0.2) is 0 Å². The number of rotatable bonds is 15. The summed E-state index contributed by atoms with van der Waals surface area (Å²) in [5, 5.41) is 0. The molecule has 0 N–H and O–H groups in total. The Labute approximate surface area is 226 Å². The first-order valence-electron chi connectivity index (χ1n) is 14.0. The van der Waals surface area contributed by atoms with Crippen molar-refractivity contribution < 1.29 is 16.5 Å². The van der Waals surface area contributed by atoms with Gasteiger partial charge in [-0.1, -0.05) is 85.8 Å². The molecule has 196 valence electrons. The average molecular weight is 519 g/mol. The Morgan fingerprint density at radius 1 is 0.543 bits per heavy atom. The van der Waals surface area contributed by atoms with Gasteiger partial charge in [-0.3, -0.25) is 9.98 Å². The van der Waals surface area contributed by atoms with Crippen LogP contribution in [0.5, 0.6) is 0 Å². The van der Waals surface area contributed by atoms with Crippen molar-refractivity contribution in [2.24, 2.45) is 9.98 Å². The van der Waals surface area contributed by atoms with Crippen molar-refractivity contribution in [3.05, 3.63) is 58.7 Å². The first-order valence-corrected chi connectivity index (χ1v) is 14.0. The van der Waals surface area contributed by atoms with E-state index in [2.05, 4.69) is 77.9 Å². The molecule has 0 saturated heterocycles. The van der Waals surface area contributed by atoms with Crippen LogP contribution in [0.2, 0.25) is 0 Å². The van der Waals surface area contributed by atoms with Crippen molar-refractivity contribution in [2.45, 2.75) is 119 Å². The van der Waals surface area contributed by atoms with E-state index in [0.717, 1.165) is 55.6 Å². The third kappa shape index (κ3) is 10.0. The number of benzene rings is 2. The van der Waals surface area contributed by atoms with Crippen molar-refractivity contribution in [1.29, 1.82) is 0 Å². The van der Waals surface area contributed by atoms with Crippen LogP contribution in [0.25, 0.3) is 0 Å². The predicted molar refractivity (Wildman–Crippen MR) is 153 cm³/mol. The fourth-order valence-electron chi connectivity index (χ4n) is 4.71. The molecule has 2 nitrogen and oxygen atoms in total. The van der Waals surface area contributed by atoms with Gasteiger partial charge in [0.2, 0.25) is 0 Å². The normalized spacial score (nSPS) is 12.1. The first-order chi connectivity index (χ1) is 16.6. The second kappa shape index (κ2) is 17.7. The Balaban J connectivity index is 0.00000612. The standard InChI is InChI=1S/C32H48N2.Ni/c1-7-13-14-15-16-17-18-32(34-30-22-20-26(9-3)28(11-5)24-30)31(12-6)33-29-21-19-25(8-2)27(10-4)23-29;/h19-24H,7-18H2,1-6H3;. The maximum Gasteiger partial charge on any atom is 0.0636 e. The molecule has 0 aromatic heterocycles. The van der Waals surface area contributed by atoms with Gasteiger partial charge in [-0.25, -0.2) is 0 Å². The summed E-state index contributed by atoms with van der Waals surface area (Å²) in [4.78, 5) is 10.4. The summed E-state index contributed by atoms with van der Waals surface area (Å²) in [7, 11) is 0. The van der Waals surface area contributed by atoms with Gasteiger partial charge in [-0.2, -0.15) is 0 Å². The van der Waals surface area contributed by atoms with Crippen LogP contribution in [0, 0.1) is 0 Å². The third-order valence-corrected chi connectivity index (χ3v) is 6.87. The van der Waals surface area contributed by atoms with Crippen LogP contribution in [-0.2, 0) is 42.2 Å². The summed E-state index contributed by atoms with van der Waals surface area (Å²) in [6.45, 7) is 13.4. The molecule has 3 heteroatoms. The number of aryl methyl sites for hydroxylation is 4. The van der Waals surface area contributed by atoms with Gasteiger partial charge < -0.3 is 0 Å². The van der Waals surface area contributed by atoms with Crippen LogP contribution in [0.4, 0.5) is 11.4 Å². The van der Waals surface area contributed by atoms with Gasteiger partial charge in [0.1, 0.15) is 0 Å². The summed E-state index contributed by atoms with van der Waals surface area (Å²) >= 11 is 0. The van der Waals surface area contributed by atoms with E-state index in [1.165, 1.54) is 66.5 Å². The molecule has 0 bridgehead atoms. The Morgan fingerprint density at radius 3 is 1.46 bits per heavy atom. The van der Waals surface area contributed by atoms with Crippen molar-refractivity contribution in [3.63, 3.8) is 0 Å². The van der Waals surface area contributed by atoms with Gasteiger partial charge in [0, 0.05) is 16.5 Å². The molecule has 0 aliphatic rings. The zero-order valence-corrected chi connectivity index (χ0v) is 24.1. The largest absolute Gasteiger partial charge is 0.252 e. The van der Waals surface area contributed by atoms with Gasteiger partial charge in [-0.15, -0.1) is 0 Å². The summed E-state index contributed by atoms with van der Waals surface area (Å²) in [5.74, 6) is 0. The quantitative estimate of drug-likeness (QED) is 0.127. The molecule has 0 amide bonds. The second-order valence-corrected chi connectivity index (χ2v) is 9.31. The van der Waals surface area contributed by atoms with E-state index in [9.17, 15) is 0 Å². The second-order valence-electron chi connectivity index (χ2n) is 9.31. The van der Waals surface area contributed by atoms with Gasteiger partial charge in [-0.05, 0) is 91.5 Å². The van der Waals surface area contributed by atoms with Crippen LogP contribution in [0.3, 0.4) is 0 Å². The molecular weight excluding hydrogens is 471 g/mol. The molecule has 0 atom stereocenters. The summed E-state index contributed by atoms with van der Waals surface area (Å²) in [6, 6.07) is 13.5. The Hall–Kier alpha value is -1.73. The molecule has 0 fully saturated rings. The summed E-state index contributed by atoms with van der Waals surface area (Å²) in [6.07, 6.45) is 13.9. The SMILES string of the molecule is CCCCCCCCC(=Nc1ccc(CC)c(CC)c1)C(CC)=Nc1ccc(CC)c(CC)c1.[Ni]. The maximum absolute atomic E-state index is 5.21. The van der Waals surface area contributed by atoms with Crippen LogP contribution >= 0.6 is 0 Å². The van der Waals surface area contributed by atoms with E-state index in [1.54, 1.807) is 0 Å². The molecule has 0 heterocycles. The topological polar surface area (TPSA) is 24.7 Å². The number of hydrogen-bond donors (Lipinski definition) is 0. The zero-order valence-electron chi connectivity index (χ0n) is 23.2. The molecule has 2 rings (SSSR count). The minimum atomic E-state index is 0. The summed E-state index contributed by atoms with van der Waals surface area (Å²) < 4.78 is 0. The fraction of sp³-hybridized carbons (Fsp3) is 0.562. The van der Waals surface area contributed by atoms with Gasteiger partial charge in [0.25, 0.3) is 0 Å². The molecule has 0 unspecified atom stereocenters. The smallest absolute Gasteiger partial charge is 0.0636 e. The van der Waals surface area contributed by atoms with Crippen LogP contribution < -0.4 is 0 Å². The van der Waals surface area contributed by atoms with Crippen molar-refractivity contribution in [1.82, 2.24) is 0 Å². The Morgan fingerprint density at radius 2 is 1.00 bits per heavy atom. The number of hydrogen-bond acceptors (Lipinski definition) is 2. The molecule has 0 spiro atoms. The Kier molecular flexibility index (Phi) is 15.8. The molecule has 0 radical (unpaired) electrons. The summed E-state index contributed by atoms with van der Waals surface area (Å²) in [5.41, 5.74) is 10.1. The monoisotopic (exact) mass is 518 g/mol. The van der Waals surface area contributed by atoms with E-state index in [-0.39, 0.29) is 16.5 Å². The van der Waals surface area contributed by atoms with Crippen LogP contribution in [0.1, 0.15) is 115 Å². The minimum absolute atomic E-state index is 0. The molecule has 0 aliphatic carbocycles. The van der Waals surface area contributed by atoms with Crippen molar-refractivity contribution >= 4 is 22.8 Å². The zero-order chi connectivity index (χ0) is 24.8. The van der Waals surface area contributed by atoms with E-state index >= 15 is 0 Å². The van der Waals surface area contributed by atoms with E-state index < -0.39 is 0 Å². The molecule has 35 heavy (non-hydrogen) atoms. The van der Waals surface area contributed by atoms with Gasteiger partial charge in [0.05, 0.1) is 22.8 Å². The molecular formula is C32H48N2Ni. The van der Waals surface area contributed by atoms with Crippen LogP contribution in [-0.4, -0.2) is 11.4 Å². The molecule has 0 aliphatic heterocycles. The molecule has 2 aromatic carbocycles. The molecule has 2 aromatic rings. The molecule has 0 saturated carbocycles. The maximum atomic E-state index is 5.21. The third-order valence-electron chi connectivity index (χ3n) is 6.87. The van der Waals surface area contributed by atoms with E-state index in [1.807, 2.05) is 0 Å². The predicted octanol–water partition coefficient (Wildman–Crippen LogP) is 9.94. The fourth-order valence-corrected chi connectivity index (χ4v) is 4.71. The van der Waals surface area contributed by atoms with Gasteiger partial charge >= 0.3 is 0 Å². The van der Waals surface area contributed by atoms with Crippen molar-refractivity contribution in [2.75, 3.05) is 0 Å². The number of aliphatic imine (C=N–C) groups is 2. The number of unbranched alkanes of at least 4 members (excludes halogenated alkanes) is 5. The van der Waals surface area contributed by atoms with Crippen LogP contribution in [0.15, 0.2) is 46.4 Å². The Bertz CT molecular complexity index is 943. The van der Waals surface area contributed by atoms with E-state index in [4.69, 9.17) is 9.98 Å². The van der Waals surface area contributed by atoms with Crippen molar-refractivity contribution in [3.8, 4) is 0 Å². The average Bonchev–Trinajstić information content (AvgIpc) is 2.88. The minimum Gasteiger partial charge on any atom is -0.252 e. The first kappa shape index (κ1) is 31.3. The number of nitrogens with zero attached hydrogens (tertiary/aromatic N) is 2.